The third-order valence-electron chi connectivity index (χ3n) is 3.35. The fourth-order valence-corrected chi connectivity index (χ4v) is 2.29. The van der Waals surface area contributed by atoms with Crippen molar-refractivity contribution in [2.24, 2.45) is 0 Å². The number of hydrogen-bond acceptors (Lipinski definition) is 4. The lowest BCUT2D eigenvalue weighted by Crippen LogP contribution is -2.44. The minimum absolute atomic E-state index is 0.732. The maximum Gasteiger partial charge on any atom is 0.192 e. The zero-order chi connectivity index (χ0) is 11.8. The van der Waals surface area contributed by atoms with Gasteiger partial charge in [-0.2, -0.15) is 0 Å². The Balaban J connectivity index is 1.89. The largest absolute Gasteiger partial charge is 0.441 e. The zero-order valence-corrected chi connectivity index (χ0v) is 10.3. The standard InChI is InChI=1S/C13H17N3O/c1-10-14-12-4-3-11(9-13(12)17-10)16-7-5-15(2)6-8-16/h3-4,9H,5-8H2,1-2H3. The summed E-state index contributed by atoms with van der Waals surface area (Å²) < 4.78 is 5.57. The van der Waals surface area contributed by atoms with Gasteiger partial charge in [-0.15, -0.1) is 0 Å². The van der Waals surface area contributed by atoms with Gasteiger partial charge in [0.15, 0.2) is 11.5 Å². The number of aryl methyl sites for hydroxylation is 1. The number of oxazole rings is 1. The van der Waals surface area contributed by atoms with E-state index in [1.165, 1.54) is 5.69 Å². The molecule has 1 saturated heterocycles. The lowest BCUT2D eigenvalue weighted by atomic mass is 10.2. The maximum atomic E-state index is 5.57. The summed E-state index contributed by atoms with van der Waals surface area (Å²) in [6, 6.07) is 6.27. The van der Waals surface area contributed by atoms with Crippen molar-refractivity contribution >= 4 is 16.8 Å². The molecule has 1 aromatic heterocycles. The quantitative estimate of drug-likeness (QED) is 0.750. The zero-order valence-electron chi connectivity index (χ0n) is 10.3. The fourth-order valence-electron chi connectivity index (χ4n) is 2.29. The molecule has 0 radical (unpaired) electrons. The van der Waals surface area contributed by atoms with E-state index in [1.54, 1.807) is 0 Å². The smallest absolute Gasteiger partial charge is 0.192 e. The molecular formula is C13H17N3O. The van der Waals surface area contributed by atoms with Crippen LogP contribution >= 0.6 is 0 Å². The van der Waals surface area contributed by atoms with Gasteiger partial charge in [-0.1, -0.05) is 0 Å². The van der Waals surface area contributed by atoms with Crippen LogP contribution in [0.2, 0.25) is 0 Å². The van der Waals surface area contributed by atoms with E-state index in [2.05, 4.69) is 34.0 Å². The highest BCUT2D eigenvalue weighted by molar-refractivity contribution is 5.77. The number of fused-ring (bicyclic) bond motifs is 1. The first-order valence-corrected chi connectivity index (χ1v) is 6.03. The van der Waals surface area contributed by atoms with Crippen molar-refractivity contribution in [2.45, 2.75) is 6.92 Å². The van der Waals surface area contributed by atoms with Crippen molar-refractivity contribution in [3.63, 3.8) is 0 Å². The van der Waals surface area contributed by atoms with Gasteiger partial charge >= 0.3 is 0 Å². The molecule has 17 heavy (non-hydrogen) atoms. The van der Waals surface area contributed by atoms with E-state index >= 15 is 0 Å². The predicted octanol–water partition coefficient (Wildman–Crippen LogP) is 1.89. The van der Waals surface area contributed by atoms with Crippen molar-refractivity contribution in [3.05, 3.63) is 24.1 Å². The molecule has 0 unspecified atom stereocenters. The van der Waals surface area contributed by atoms with E-state index in [1.807, 2.05) is 13.0 Å². The number of likely N-dealkylation sites (N-methyl/N-ethyl adjacent to an activating group) is 1. The summed E-state index contributed by atoms with van der Waals surface area (Å²) in [5.41, 5.74) is 3.07. The van der Waals surface area contributed by atoms with Gasteiger partial charge in [0.05, 0.1) is 0 Å². The maximum absolute atomic E-state index is 5.57. The third-order valence-corrected chi connectivity index (χ3v) is 3.35. The monoisotopic (exact) mass is 231 g/mol. The van der Waals surface area contributed by atoms with Crippen LogP contribution in [0.1, 0.15) is 5.89 Å². The SMILES string of the molecule is Cc1nc2ccc(N3CCN(C)CC3)cc2o1. The van der Waals surface area contributed by atoms with Crippen LogP contribution in [0.15, 0.2) is 22.6 Å². The summed E-state index contributed by atoms with van der Waals surface area (Å²) in [6.45, 7) is 6.28. The fraction of sp³-hybridized carbons (Fsp3) is 0.462. The van der Waals surface area contributed by atoms with Crippen LogP contribution in [0.5, 0.6) is 0 Å². The number of anilines is 1. The number of nitrogens with zero attached hydrogens (tertiary/aromatic N) is 3. The first-order chi connectivity index (χ1) is 8.22. The Labute approximate surface area is 101 Å². The van der Waals surface area contributed by atoms with Crippen LogP contribution in [-0.4, -0.2) is 43.1 Å². The molecule has 0 bridgehead atoms. The topological polar surface area (TPSA) is 32.5 Å². The van der Waals surface area contributed by atoms with E-state index in [-0.39, 0.29) is 0 Å². The summed E-state index contributed by atoms with van der Waals surface area (Å²) in [5.74, 6) is 0.732. The minimum Gasteiger partial charge on any atom is -0.441 e. The van der Waals surface area contributed by atoms with Crippen LogP contribution < -0.4 is 4.90 Å². The molecule has 2 aromatic rings. The van der Waals surface area contributed by atoms with Crippen LogP contribution in [-0.2, 0) is 0 Å². The van der Waals surface area contributed by atoms with Crippen LogP contribution in [0.3, 0.4) is 0 Å². The molecule has 4 heteroatoms. The third kappa shape index (κ3) is 2.00. The Hall–Kier alpha value is -1.55. The van der Waals surface area contributed by atoms with E-state index < -0.39 is 0 Å². The molecule has 0 N–H and O–H groups in total. The number of benzene rings is 1. The first kappa shape index (κ1) is 10.6. The average molecular weight is 231 g/mol. The average Bonchev–Trinajstić information content (AvgIpc) is 2.69. The second-order valence-electron chi connectivity index (χ2n) is 4.68. The van der Waals surface area contributed by atoms with Gasteiger partial charge in [0.25, 0.3) is 0 Å². The number of hydrogen-bond donors (Lipinski definition) is 0. The highest BCUT2D eigenvalue weighted by Gasteiger charge is 2.15. The van der Waals surface area contributed by atoms with E-state index in [0.717, 1.165) is 43.2 Å². The Kier molecular flexibility index (Phi) is 2.52. The molecule has 1 aromatic carbocycles. The highest BCUT2D eigenvalue weighted by Crippen LogP contribution is 2.23. The highest BCUT2D eigenvalue weighted by atomic mass is 16.3. The van der Waals surface area contributed by atoms with Crippen molar-refractivity contribution in [1.29, 1.82) is 0 Å². The molecule has 4 nitrogen and oxygen atoms in total. The van der Waals surface area contributed by atoms with Gasteiger partial charge in [0, 0.05) is 44.9 Å². The van der Waals surface area contributed by atoms with E-state index in [4.69, 9.17) is 4.42 Å². The molecule has 0 spiro atoms. The molecule has 1 aliphatic heterocycles. The number of rotatable bonds is 1. The van der Waals surface area contributed by atoms with Crippen LogP contribution in [0.25, 0.3) is 11.1 Å². The van der Waals surface area contributed by atoms with Gasteiger partial charge in [-0.3, -0.25) is 0 Å². The Morgan fingerprint density at radius 1 is 1.18 bits per heavy atom. The lowest BCUT2D eigenvalue weighted by molar-refractivity contribution is 0.313. The number of piperazine rings is 1. The van der Waals surface area contributed by atoms with E-state index in [9.17, 15) is 0 Å². The van der Waals surface area contributed by atoms with Crippen molar-refractivity contribution in [1.82, 2.24) is 9.88 Å². The van der Waals surface area contributed by atoms with E-state index in [0.29, 0.717) is 0 Å². The molecule has 0 atom stereocenters. The molecule has 0 saturated carbocycles. The minimum atomic E-state index is 0.732. The lowest BCUT2D eigenvalue weighted by Gasteiger charge is -2.33. The van der Waals surface area contributed by atoms with Crippen LogP contribution in [0, 0.1) is 6.92 Å². The van der Waals surface area contributed by atoms with Gasteiger partial charge in [-0.05, 0) is 19.2 Å². The molecule has 2 heterocycles. The molecule has 0 amide bonds. The molecule has 0 aliphatic carbocycles. The summed E-state index contributed by atoms with van der Waals surface area (Å²) in [6.07, 6.45) is 0. The Morgan fingerprint density at radius 2 is 1.94 bits per heavy atom. The van der Waals surface area contributed by atoms with Gasteiger partial charge < -0.3 is 14.2 Å². The summed E-state index contributed by atoms with van der Waals surface area (Å²) >= 11 is 0. The van der Waals surface area contributed by atoms with Crippen molar-refractivity contribution < 1.29 is 4.42 Å². The van der Waals surface area contributed by atoms with Gasteiger partial charge in [0.2, 0.25) is 0 Å². The van der Waals surface area contributed by atoms with Crippen molar-refractivity contribution in [2.75, 3.05) is 38.1 Å². The van der Waals surface area contributed by atoms with Gasteiger partial charge in [-0.25, -0.2) is 4.98 Å². The summed E-state index contributed by atoms with van der Waals surface area (Å²) in [7, 11) is 2.17. The number of aromatic nitrogens is 1. The molecule has 3 rings (SSSR count). The summed E-state index contributed by atoms with van der Waals surface area (Å²) in [5, 5.41) is 0. The van der Waals surface area contributed by atoms with Crippen molar-refractivity contribution in [3.8, 4) is 0 Å². The second-order valence-corrected chi connectivity index (χ2v) is 4.68. The molecule has 1 fully saturated rings. The second kappa shape index (κ2) is 4.04. The van der Waals surface area contributed by atoms with Crippen LogP contribution in [0.4, 0.5) is 5.69 Å². The Morgan fingerprint density at radius 3 is 2.71 bits per heavy atom. The molecular weight excluding hydrogens is 214 g/mol. The van der Waals surface area contributed by atoms with Gasteiger partial charge in [0.1, 0.15) is 5.52 Å². The Bertz CT molecular complexity index is 526. The summed E-state index contributed by atoms with van der Waals surface area (Å²) in [4.78, 5) is 9.07. The first-order valence-electron chi connectivity index (χ1n) is 6.03. The predicted molar refractivity (Wildman–Crippen MR) is 68.5 cm³/mol. The normalized spacial score (nSPS) is 17.9. The molecule has 1 aliphatic rings. The molecule has 90 valence electrons.